The first-order valence-corrected chi connectivity index (χ1v) is 7.27. The molecule has 21 heavy (non-hydrogen) atoms. The van der Waals surface area contributed by atoms with Gasteiger partial charge in [-0.3, -0.25) is 9.97 Å². The summed E-state index contributed by atoms with van der Waals surface area (Å²) in [4.78, 5) is 8.85. The van der Waals surface area contributed by atoms with E-state index in [1.807, 2.05) is 37.4 Å². The van der Waals surface area contributed by atoms with Gasteiger partial charge >= 0.3 is 0 Å². The van der Waals surface area contributed by atoms with Gasteiger partial charge in [-0.15, -0.1) is 0 Å². The zero-order valence-corrected chi connectivity index (χ0v) is 12.5. The molecule has 1 N–H and O–H groups in total. The van der Waals surface area contributed by atoms with Crippen molar-refractivity contribution >= 4 is 22.6 Å². The molecule has 1 heterocycles. The number of hydrogen-bond acceptors (Lipinski definition) is 3. The smallest absolute Gasteiger partial charge is 0.0934 e. The predicted molar refractivity (Wildman–Crippen MR) is 86.5 cm³/mol. The first kappa shape index (κ1) is 14.0. The maximum atomic E-state index is 6.28. The van der Waals surface area contributed by atoms with Gasteiger partial charge in [0.05, 0.1) is 11.0 Å². The van der Waals surface area contributed by atoms with Crippen molar-refractivity contribution in [3.63, 3.8) is 0 Å². The lowest BCUT2D eigenvalue weighted by atomic mass is 9.97. The molecule has 0 bridgehead atoms. The highest BCUT2D eigenvalue weighted by Gasteiger charge is 2.15. The van der Waals surface area contributed by atoms with Crippen LogP contribution in [0, 0.1) is 0 Å². The van der Waals surface area contributed by atoms with E-state index in [1.54, 1.807) is 12.4 Å². The SMILES string of the molecule is CNC(Cc1ccccc1Cl)c1cccc2nccnc12. The zero-order valence-electron chi connectivity index (χ0n) is 11.8. The van der Waals surface area contributed by atoms with Gasteiger partial charge in [0.15, 0.2) is 0 Å². The van der Waals surface area contributed by atoms with Crippen molar-refractivity contribution in [3.8, 4) is 0 Å². The molecule has 0 saturated carbocycles. The average molecular weight is 298 g/mol. The van der Waals surface area contributed by atoms with Crippen LogP contribution in [-0.2, 0) is 6.42 Å². The highest BCUT2D eigenvalue weighted by atomic mass is 35.5. The van der Waals surface area contributed by atoms with Crippen LogP contribution >= 0.6 is 11.6 Å². The third-order valence-corrected chi connectivity index (χ3v) is 4.00. The predicted octanol–water partition coefficient (Wildman–Crippen LogP) is 3.79. The molecule has 4 heteroatoms. The van der Waals surface area contributed by atoms with Gasteiger partial charge in [0.25, 0.3) is 0 Å². The first-order chi connectivity index (χ1) is 10.3. The Balaban J connectivity index is 2.01. The van der Waals surface area contributed by atoms with Crippen LogP contribution in [-0.4, -0.2) is 17.0 Å². The van der Waals surface area contributed by atoms with Crippen molar-refractivity contribution < 1.29 is 0 Å². The minimum Gasteiger partial charge on any atom is -0.313 e. The van der Waals surface area contributed by atoms with Gasteiger partial charge in [-0.1, -0.05) is 41.9 Å². The maximum absolute atomic E-state index is 6.28. The molecule has 1 unspecified atom stereocenters. The first-order valence-electron chi connectivity index (χ1n) is 6.90. The molecular weight excluding hydrogens is 282 g/mol. The molecule has 3 nitrogen and oxygen atoms in total. The molecule has 0 aliphatic heterocycles. The maximum Gasteiger partial charge on any atom is 0.0934 e. The quantitative estimate of drug-likeness (QED) is 0.796. The Hall–Kier alpha value is -1.97. The van der Waals surface area contributed by atoms with E-state index in [2.05, 4.69) is 27.4 Å². The number of aromatic nitrogens is 2. The molecule has 3 rings (SSSR count). The topological polar surface area (TPSA) is 37.8 Å². The lowest BCUT2D eigenvalue weighted by Crippen LogP contribution is -2.19. The summed E-state index contributed by atoms with van der Waals surface area (Å²) in [6.45, 7) is 0. The number of hydrogen-bond donors (Lipinski definition) is 1. The third-order valence-electron chi connectivity index (χ3n) is 3.64. The third kappa shape index (κ3) is 2.89. The van der Waals surface area contributed by atoms with E-state index in [-0.39, 0.29) is 6.04 Å². The molecule has 0 spiro atoms. The Morgan fingerprint density at radius 1 is 1.05 bits per heavy atom. The fourth-order valence-electron chi connectivity index (χ4n) is 2.55. The number of rotatable bonds is 4. The van der Waals surface area contributed by atoms with E-state index >= 15 is 0 Å². The zero-order chi connectivity index (χ0) is 14.7. The lowest BCUT2D eigenvalue weighted by molar-refractivity contribution is 0.595. The van der Waals surface area contributed by atoms with Gasteiger partial charge in [-0.05, 0) is 36.7 Å². The van der Waals surface area contributed by atoms with Gasteiger partial charge in [-0.2, -0.15) is 0 Å². The minimum absolute atomic E-state index is 0.144. The molecule has 106 valence electrons. The number of fused-ring (bicyclic) bond motifs is 1. The highest BCUT2D eigenvalue weighted by Crippen LogP contribution is 2.26. The summed E-state index contributed by atoms with van der Waals surface area (Å²) in [7, 11) is 1.96. The van der Waals surface area contributed by atoms with Crippen molar-refractivity contribution in [2.24, 2.45) is 0 Å². The molecule has 0 saturated heterocycles. The fraction of sp³-hybridized carbons (Fsp3) is 0.176. The Morgan fingerprint density at radius 3 is 2.67 bits per heavy atom. The lowest BCUT2D eigenvalue weighted by Gasteiger charge is -2.18. The molecule has 0 aliphatic carbocycles. The number of halogens is 1. The van der Waals surface area contributed by atoms with Crippen molar-refractivity contribution in [1.29, 1.82) is 0 Å². The number of benzene rings is 2. The Bertz CT molecular complexity index is 752. The van der Waals surface area contributed by atoms with Crippen LogP contribution in [0.15, 0.2) is 54.9 Å². The fourth-order valence-corrected chi connectivity index (χ4v) is 2.76. The summed E-state index contributed by atoms with van der Waals surface area (Å²) in [5.41, 5.74) is 4.11. The van der Waals surface area contributed by atoms with Crippen molar-refractivity contribution in [1.82, 2.24) is 15.3 Å². The van der Waals surface area contributed by atoms with E-state index < -0.39 is 0 Å². The number of nitrogens with zero attached hydrogens (tertiary/aromatic N) is 2. The Kier molecular flexibility index (Phi) is 4.13. The molecule has 0 fully saturated rings. The number of para-hydroxylation sites is 1. The van der Waals surface area contributed by atoms with Gasteiger partial charge in [-0.25, -0.2) is 0 Å². The van der Waals surface area contributed by atoms with E-state index in [0.29, 0.717) is 0 Å². The number of nitrogens with one attached hydrogen (secondary N) is 1. The summed E-state index contributed by atoms with van der Waals surface area (Å²) >= 11 is 6.28. The number of likely N-dealkylation sites (N-methyl/N-ethyl adjacent to an activating group) is 1. The summed E-state index contributed by atoms with van der Waals surface area (Å²) in [5, 5.41) is 4.16. The van der Waals surface area contributed by atoms with Crippen molar-refractivity contribution in [3.05, 3.63) is 71.0 Å². The molecule has 2 aromatic carbocycles. The van der Waals surface area contributed by atoms with Crippen LogP contribution in [0.1, 0.15) is 17.2 Å². The second-order valence-corrected chi connectivity index (χ2v) is 5.32. The second kappa shape index (κ2) is 6.20. The summed E-state index contributed by atoms with van der Waals surface area (Å²) in [5.74, 6) is 0. The van der Waals surface area contributed by atoms with Gasteiger partial charge in [0.2, 0.25) is 0 Å². The molecular formula is C17H16ClN3. The van der Waals surface area contributed by atoms with Crippen LogP contribution in [0.25, 0.3) is 11.0 Å². The molecule has 0 amide bonds. The molecule has 0 aliphatic rings. The molecule has 3 aromatic rings. The Labute approximate surface area is 129 Å². The van der Waals surface area contributed by atoms with Gasteiger partial charge in [0, 0.05) is 23.5 Å². The van der Waals surface area contributed by atoms with E-state index in [1.165, 1.54) is 0 Å². The average Bonchev–Trinajstić information content (AvgIpc) is 2.54. The van der Waals surface area contributed by atoms with E-state index in [4.69, 9.17) is 11.6 Å². The summed E-state index contributed by atoms with van der Waals surface area (Å²) < 4.78 is 0. The standard InChI is InChI=1S/C17H16ClN3/c1-19-16(11-12-5-2-3-7-14(12)18)13-6-4-8-15-17(13)21-10-9-20-15/h2-10,16,19H,11H2,1H3. The Morgan fingerprint density at radius 2 is 1.86 bits per heavy atom. The monoisotopic (exact) mass is 297 g/mol. The van der Waals surface area contributed by atoms with Gasteiger partial charge < -0.3 is 5.32 Å². The second-order valence-electron chi connectivity index (χ2n) is 4.91. The normalized spacial score (nSPS) is 12.5. The highest BCUT2D eigenvalue weighted by molar-refractivity contribution is 6.31. The molecule has 1 aromatic heterocycles. The van der Waals surface area contributed by atoms with Crippen LogP contribution in [0.4, 0.5) is 0 Å². The van der Waals surface area contributed by atoms with E-state index in [0.717, 1.165) is 33.6 Å². The van der Waals surface area contributed by atoms with Gasteiger partial charge in [0.1, 0.15) is 0 Å². The van der Waals surface area contributed by atoms with Crippen LogP contribution < -0.4 is 5.32 Å². The summed E-state index contributed by atoms with van der Waals surface area (Å²) in [6, 6.07) is 14.2. The summed E-state index contributed by atoms with van der Waals surface area (Å²) in [6.07, 6.45) is 4.26. The van der Waals surface area contributed by atoms with Crippen LogP contribution in [0.2, 0.25) is 5.02 Å². The van der Waals surface area contributed by atoms with Crippen LogP contribution in [0.5, 0.6) is 0 Å². The van der Waals surface area contributed by atoms with Crippen molar-refractivity contribution in [2.75, 3.05) is 7.05 Å². The van der Waals surface area contributed by atoms with Crippen LogP contribution in [0.3, 0.4) is 0 Å². The largest absolute Gasteiger partial charge is 0.313 e. The van der Waals surface area contributed by atoms with Crippen molar-refractivity contribution in [2.45, 2.75) is 12.5 Å². The molecule has 1 atom stereocenters. The van der Waals surface area contributed by atoms with E-state index in [9.17, 15) is 0 Å². The minimum atomic E-state index is 0.144. The molecule has 0 radical (unpaired) electrons.